The van der Waals surface area contributed by atoms with E-state index in [9.17, 15) is 14.4 Å². The maximum absolute atomic E-state index is 12.3. The summed E-state index contributed by atoms with van der Waals surface area (Å²) in [5.74, 6) is -0.238. The molecule has 152 valence electrons. The van der Waals surface area contributed by atoms with Crippen molar-refractivity contribution in [2.45, 2.75) is 31.9 Å². The van der Waals surface area contributed by atoms with Gasteiger partial charge in [-0.15, -0.1) is 0 Å². The second kappa shape index (κ2) is 9.73. The van der Waals surface area contributed by atoms with Gasteiger partial charge < -0.3 is 20.7 Å². The average molecular weight is 395 g/mol. The summed E-state index contributed by atoms with van der Waals surface area (Å²) in [5, 5.41) is 2.73. The van der Waals surface area contributed by atoms with E-state index in [1.54, 1.807) is 24.3 Å². The van der Waals surface area contributed by atoms with Crippen molar-refractivity contribution in [2.75, 3.05) is 13.1 Å². The molecule has 1 atom stereocenters. The Hall–Kier alpha value is -3.35. The van der Waals surface area contributed by atoms with E-state index in [0.717, 1.165) is 12.0 Å². The molecule has 0 radical (unpaired) electrons. The lowest BCUT2D eigenvalue weighted by atomic mass is 10.2. The lowest BCUT2D eigenvalue weighted by Gasteiger charge is -2.22. The van der Waals surface area contributed by atoms with Gasteiger partial charge in [0, 0.05) is 25.1 Å². The molecule has 0 saturated carbocycles. The van der Waals surface area contributed by atoms with Crippen molar-refractivity contribution in [3.05, 3.63) is 65.7 Å². The number of carbonyl (C=O) groups is 3. The number of hydrogen-bond donors (Lipinski definition) is 2. The Bertz CT molecular complexity index is 852. The first kappa shape index (κ1) is 20.4. The van der Waals surface area contributed by atoms with E-state index in [2.05, 4.69) is 5.32 Å². The minimum absolute atomic E-state index is 0.133. The van der Waals surface area contributed by atoms with Gasteiger partial charge in [-0.25, -0.2) is 0 Å². The summed E-state index contributed by atoms with van der Waals surface area (Å²) in [6.07, 6.45) is 1.50. The monoisotopic (exact) mass is 395 g/mol. The van der Waals surface area contributed by atoms with E-state index in [1.807, 2.05) is 30.3 Å². The number of likely N-dealkylation sites (tertiary alicyclic amines) is 1. The first-order valence-corrected chi connectivity index (χ1v) is 9.68. The first-order chi connectivity index (χ1) is 14.0. The summed E-state index contributed by atoms with van der Waals surface area (Å²) in [5.41, 5.74) is 6.88. The van der Waals surface area contributed by atoms with Crippen LogP contribution < -0.4 is 15.8 Å². The Labute approximate surface area is 169 Å². The molecule has 3 N–H and O–H groups in total. The predicted octanol–water partition coefficient (Wildman–Crippen LogP) is 1.86. The standard InChI is InChI=1S/C22H25N3O4/c23-21(27)19-7-4-14-25(19)20(26)12-13-24-22(28)17-8-10-18(11-9-17)29-15-16-5-2-1-3-6-16/h1-3,5-6,8-11,19H,4,7,12-15H2,(H2,23,27)(H,24,28). The molecule has 1 aliphatic heterocycles. The smallest absolute Gasteiger partial charge is 0.251 e. The van der Waals surface area contributed by atoms with Crippen LogP contribution in [0.2, 0.25) is 0 Å². The lowest BCUT2D eigenvalue weighted by molar-refractivity contribution is -0.137. The number of rotatable bonds is 8. The fourth-order valence-corrected chi connectivity index (χ4v) is 3.33. The molecule has 1 saturated heterocycles. The van der Waals surface area contributed by atoms with Crippen LogP contribution in [0.1, 0.15) is 35.2 Å². The fraction of sp³-hybridized carbons (Fsp3) is 0.318. The zero-order chi connectivity index (χ0) is 20.6. The highest BCUT2D eigenvalue weighted by atomic mass is 16.5. The van der Waals surface area contributed by atoms with E-state index in [1.165, 1.54) is 4.90 Å². The van der Waals surface area contributed by atoms with Gasteiger partial charge in [-0.05, 0) is 42.7 Å². The molecule has 1 unspecified atom stereocenters. The first-order valence-electron chi connectivity index (χ1n) is 9.68. The number of nitrogens with two attached hydrogens (primary N) is 1. The minimum atomic E-state index is -0.526. The molecule has 3 rings (SSSR count). The van der Waals surface area contributed by atoms with Crippen LogP contribution in [0, 0.1) is 0 Å². The summed E-state index contributed by atoms with van der Waals surface area (Å²) in [7, 11) is 0. The number of ether oxygens (including phenoxy) is 1. The Morgan fingerprint density at radius 1 is 1.07 bits per heavy atom. The Morgan fingerprint density at radius 2 is 1.79 bits per heavy atom. The zero-order valence-electron chi connectivity index (χ0n) is 16.2. The minimum Gasteiger partial charge on any atom is -0.489 e. The third kappa shape index (κ3) is 5.57. The topological polar surface area (TPSA) is 102 Å². The number of nitrogens with one attached hydrogen (secondary N) is 1. The largest absolute Gasteiger partial charge is 0.489 e. The third-order valence-corrected chi connectivity index (χ3v) is 4.89. The molecule has 1 fully saturated rings. The van der Waals surface area contributed by atoms with E-state index in [4.69, 9.17) is 10.5 Å². The number of hydrogen-bond acceptors (Lipinski definition) is 4. The van der Waals surface area contributed by atoms with Gasteiger partial charge in [0.05, 0.1) is 0 Å². The molecule has 7 heteroatoms. The quantitative estimate of drug-likeness (QED) is 0.712. The maximum Gasteiger partial charge on any atom is 0.251 e. The average Bonchev–Trinajstić information content (AvgIpc) is 3.24. The van der Waals surface area contributed by atoms with Crippen molar-refractivity contribution in [1.29, 1.82) is 0 Å². The summed E-state index contributed by atoms with van der Waals surface area (Å²) < 4.78 is 5.71. The molecule has 7 nitrogen and oxygen atoms in total. The highest BCUT2D eigenvalue weighted by Gasteiger charge is 2.32. The number of carbonyl (C=O) groups excluding carboxylic acids is 3. The summed E-state index contributed by atoms with van der Waals surface area (Å²) >= 11 is 0. The van der Waals surface area contributed by atoms with Crippen molar-refractivity contribution in [2.24, 2.45) is 5.73 Å². The normalized spacial score (nSPS) is 15.7. The van der Waals surface area contributed by atoms with Crippen molar-refractivity contribution < 1.29 is 19.1 Å². The molecular weight excluding hydrogens is 370 g/mol. The molecule has 2 aromatic carbocycles. The number of primary amides is 1. The predicted molar refractivity (Wildman–Crippen MR) is 108 cm³/mol. The Balaban J connectivity index is 1.43. The second-order valence-corrected chi connectivity index (χ2v) is 6.95. The van der Waals surface area contributed by atoms with Crippen LogP contribution in [0.5, 0.6) is 5.75 Å². The van der Waals surface area contributed by atoms with E-state index in [0.29, 0.717) is 30.9 Å². The van der Waals surface area contributed by atoms with Crippen molar-refractivity contribution in [3.8, 4) is 5.75 Å². The molecular formula is C22H25N3O4. The van der Waals surface area contributed by atoms with Crippen LogP contribution >= 0.6 is 0 Å². The van der Waals surface area contributed by atoms with Gasteiger partial charge >= 0.3 is 0 Å². The number of benzene rings is 2. The van der Waals surface area contributed by atoms with E-state index >= 15 is 0 Å². The lowest BCUT2D eigenvalue weighted by Crippen LogP contribution is -2.44. The summed E-state index contributed by atoms with van der Waals surface area (Å²) in [4.78, 5) is 37.4. The van der Waals surface area contributed by atoms with Gasteiger partial charge in [-0.2, -0.15) is 0 Å². The highest BCUT2D eigenvalue weighted by molar-refractivity contribution is 5.94. The van der Waals surface area contributed by atoms with Gasteiger partial charge in [0.1, 0.15) is 18.4 Å². The van der Waals surface area contributed by atoms with Gasteiger partial charge in [0.2, 0.25) is 11.8 Å². The molecule has 1 aliphatic rings. The highest BCUT2D eigenvalue weighted by Crippen LogP contribution is 2.18. The molecule has 0 spiro atoms. The van der Waals surface area contributed by atoms with Crippen molar-refractivity contribution in [1.82, 2.24) is 10.2 Å². The van der Waals surface area contributed by atoms with Crippen LogP contribution in [-0.4, -0.2) is 41.8 Å². The Kier molecular flexibility index (Phi) is 6.84. The molecule has 0 bridgehead atoms. The molecule has 0 aliphatic carbocycles. The van der Waals surface area contributed by atoms with Crippen molar-refractivity contribution >= 4 is 17.7 Å². The SMILES string of the molecule is NC(=O)C1CCCN1C(=O)CCNC(=O)c1ccc(OCc2ccccc2)cc1. The molecule has 1 heterocycles. The summed E-state index contributed by atoms with van der Waals surface area (Å²) in [6.45, 7) is 1.19. The van der Waals surface area contributed by atoms with Crippen LogP contribution in [0.4, 0.5) is 0 Å². The molecule has 0 aromatic heterocycles. The molecule has 29 heavy (non-hydrogen) atoms. The van der Waals surface area contributed by atoms with Gasteiger partial charge in [0.25, 0.3) is 5.91 Å². The van der Waals surface area contributed by atoms with Crippen LogP contribution in [0.15, 0.2) is 54.6 Å². The fourth-order valence-electron chi connectivity index (χ4n) is 3.33. The second-order valence-electron chi connectivity index (χ2n) is 6.95. The third-order valence-electron chi connectivity index (χ3n) is 4.89. The molecule has 2 aromatic rings. The zero-order valence-corrected chi connectivity index (χ0v) is 16.2. The summed E-state index contributed by atoms with van der Waals surface area (Å²) in [6, 6.07) is 16.1. The van der Waals surface area contributed by atoms with E-state index in [-0.39, 0.29) is 24.8 Å². The number of nitrogens with zero attached hydrogens (tertiary/aromatic N) is 1. The van der Waals surface area contributed by atoms with Gasteiger partial charge in [0.15, 0.2) is 0 Å². The van der Waals surface area contributed by atoms with Crippen molar-refractivity contribution in [3.63, 3.8) is 0 Å². The maximum atomic E-state index is 12.3. The van der Waals surface area contributed by atoms with E-state index < -0.39 is 11.9 Å². The van der Waals surface area contributed by atoms with Crippen LogP contribution in [0.3, 0.4) is 0 Å². The van der Waals surface area contributed by atoms with Crippen LogP contribution in [0.25, 0.3) is 0 Å². The van der Waals surface area contributed by atoms with Gasteiger partial charge in [-0.3, -0.25) is 14.4 Å². The van der Waals surface area contributed by atoms with Gasteiger partial charge in [-0.1, -0.05) is 30.3 Å². The number of amides is 3. The van der Waals surface area contributed by atoms with Crippen LogP contribution in [-0.2, 0) is 16.2 Å². The molecule has 3 amide bonds. The Morgan fingerprint density at radius 3 is 2.48 bits per heavy atom.